The van der Waals surface area contributed by atoms with Gasteiger partial charge in [-0.25, -0.2) is 0 Å². The smallest absolute Gasteiger partial charge is 0.241 e. The van der Waals surface area contributed by atoms with Gasteiger partial charge in [0.1, 0.15) is 5.75 Å². The van der Waals surface area contributed by atoms with Crippen molar-refractivity contribution in [1.82, 2.24) is 20.4 Å². The molecule has 7 heteroatoms. The number of ether oxygens (including phenoxy) is 1. The maximum atomic E-state index is 13.3. The van der Waals surface area contributed by atoms with Crippen molar-refractivity contribution in [1.29, 1.82) is 0 Å². The highest BCUT2D eigenvalue weighted by Gasteiger charge is 2.28. The second-order valence-electron chi connectivity index (χ2n) is 9.56. The van der Waals surface area contributed by atoms with Crippen molar-refractivity contribution in [3.05, 3.63) is 101 Å². The fraction of sp³-hybridized carbons (Fsp3) is 0.300. The fourth-order valence-corrected chi connectivity index (χ4v) is 4.84. The maximum Gasteiger partial charge on any atom is 0.241 e. The fourth-order valence-electron chi connectivity index (χ4n) is 4.84. The third kappa shape index (κ3) is 6.06. The van der Waals surface area contributed by atoms with Gasteiger partial charge >= 0.3 is 0 Å². The summed E-state index contributed by atoms with van der Waals surface area (Å²) < 4.78 is 10.7. The van der Waals surface area contributed by atoms with E-state index >= 15 is 0 Å². The van der Waals surface area contributed by atoms with Crippen molar-refractivity contribution >= 4 is 5.91 Å². The molecule has 1 aromatic heterocycles. The summed E-state index contributed by atoms with van der Waals surface area (Å²) in [5, 5.41) is 7.46. The van der Waals surface area contributed by atoms with Gasteiger partial charge in [-0.2, -0.15) is 4.98 Å². The number of piperidine rings is 1. The van der Waals surface area contributed by atoms with Crippen LogP contribution in [0, 0.1) is 12.8 Å². The van der Waals surface area contributed by atoms with Crippen LogP contribution in [0.3, 0.4) is 0 Å². The van der Waals surface area contributed by atoms with Gasteiger partial charge < -0.3 is 14.6 Å². The minimum atomic E-state index is -0.165. The van der Waals surface area contributed by atoms with Crippen molar-refractivity contribution in [2.75, 3.05) is 20.2 Å². The van der Waals surface area contributed by atoms with Crippen LogP contribution in [-0.4, -0.2) is 41.1 Å². The number of hydrogen-bond donors (Lipinski definition) is 1. The van der Waals surface area contributed by atoms with Crippen LogP contribution in [0.2, 0.25) is 0 Å². The summed E-state index contributed by atoms with van der Waals surface area (Å²) in [6.07, 6.45) is 1.58. The standard InChI is InChI=1S/C30H32N4O3/c1-21-7-6-10-25(19-21)28(22-8-4-3-5-9-22)32-30(35)24-15-17-34(18-16-24)20-27-31-29(33-37-27)23-11-13-26(36-2)14-12-23/h3-14,19,24,28H,15-18,20H2,1-2H3,(H,32,35). The molecule has 2 heterocycles. The van der Waals surface area contributed by atoms with Crippen LogP contribution in [0.4, 0.5) is 0 Å². The van der Waals surface area contributed by atoms with E-state index in [9.17, 15) is 4.79 Å². The molecule has 4 aromatic rings. The zero-order valence-corrected chi connectivity index (χ0v) is 21.3. The Kier molecular flexibility index (Phi) is 7.61. The number of aryl methyl sites for hydroxylation is 1. The van der Waals surface area contributed by atoms with Crippen LogP contribution in [-0.2, 0) is 11.3 Å². The van der Waals surface area contributed by atoms with Crippen molar-refractivity contribution < 1.29 is 14.1 Å². The largest absolute Gasteiger partial charge is 0.497 e. The van der Waals surface area contributed by atoms with Crippen molar-refractivity contribution in [2.24, 2.45) is 5.92 Å². The molecule has 1 fully saturated rings. The molecule has 0 saturated carbocycles. The molecule has 1 saturated heterocycles. The summed E-state index contributed by atoms with van der Waals surface area (Å²) in [5.74, 6) is 2.01. The lowest BCUT2D eigenvalue weighted by molar-refractivity contribution is -0.127. The number of methoxy groups -OCH3 is 1. The van der Waals surface area contributed by atoms with E-state index in [0.717, 1.165) is 48.4 Å². The Labute approximate surface area is 217 Å². The van der Waals surface area contributed by atoms with Crippen LogP contribution in [0.15, 0.2) is 83.4 Å². The summed E-state index contributed by atoms with van der Waals surface area (Å²) in [5.41, 5.74) is 4.24. The number of benzene rings is 3. The van der Waals surface area contributed by atoms with E-state index in [1.807, 2.05) is 48.5 Å². The summed E-state index contributed by atoms with van der Waals surface area (Å²) in [6, 6.07) is 25.9. The Balaban J connectivity index is 1.18. The first-order valence-corrected chi connectivity index (χ1v) is 12.7. The Morgan fingerprint density at radius 1 is 1.03 bits per heavy atom. The molecule has 1 unspecified atom stereocenters. The molecule has 0 radical (unpaired) electrons. The number of carbonyl (C=O) groups excluding carboxylic acids is 1. The minimum absolute atomic E-state index is 0.0233. The van der Waals surface area contributed by atoms with Crippen LogP contribution < -0.4 is 10.1 Å². The topological polar surface area (TPSA) is 80.5 Å². The van der Waals surface area contributed by atoms with Crippen molar-refractivity contribution in [3.8, 4) is 17.1 Å². The molecule has 1 amide bonds. The zero-order valence-electron chi connectivity index (χ0n) is 21.3. The molecule has 190 valence electrons. The normalized spacial score (nSPS) is 15.3. The van der Waals surface area contributed by atoms with Crippen LogP contribution in [0.1, 0.15) is 41.5 Å². The van der Waals surface area contributed by atoms with Gasteiger partial charge in [0.25, 0.3) is 0 Å². The minimum Gasteiger partial charge on any atom is -0.497 e. The highest BCUT2D eigenvalue weighted by molar-refractivity contribution is 5.79. The third-order valence-corrected chi connectivity index (χ3v) is 6.93. The Hall–Kier alpha value is -3.97. The molecule has 1 atom stereocenters. The summed E-state index contributed by atoms with van der Waals surface area (Å²) in [6.45, 7) is 4.26. The molecule has 1 N–H and O–H groups in total. The Bertz CT molecular complexity index is 1310. The average molecular weight is 497 g/mol. The lowest BCUT2D eigenvalue weighted by Crippen LogP contribution is -2.41. The van der Waals surface area contributed by atoms with Gasteiger partial charge in [0.05, 0.1) is 19.7 Å². The molecular formula is C30H32N4O3. The second kappa shape index (κ2) is 11.4. The number of nitrogens with one attached hydrogen (secondary N) is 1. The number of aromatic nitrogens is 2. The molecule has 0 bridgehead atoms. The molecule has 5 rings (SSSR count). The van der Waals surface area contributed by atoms with Crippen LogP contribution in [0.5, 0.6) is 5.75 Å². The first kappa shape index (κ1) is 24.7. The lowest BCUT2D eigenvalue weighted by atomic mass is 9.93. The SMILES string of the molecule is COc1ccc(-c2noc(CN3CCC(C(=O)NC(c4ccccc4)c4cccc(C)c4)CC3)n2)cc1. The zero-order chi connectivity index (χ0) is 25.6. The van der Waals surface area contributed by atoms with E-state index in [2.05, 4.69) is 57.6 Å². The molecule has 7 nitrogen and oxygen atoms in total. The average Bonchev–Trinajstić information content (AvgIpc) is 3.41. The number of hydrogen-bond acceptors (Lipinski definition) is 6. The number of nitrogens with zero attached hydrogens (tertiary/aromatic N) is 3. The van der Waals surface area contributed by atoms with E-state index in [1.54, 1.807) is 7.11 Å². The van der Waals surface area contributed by atoms with Gasteiger partial charge in [0.15, 0.2) is 0 Å². The maximum absolute atomic E-state index is 13.3. The Morgan fingerprint density at radius 2 is 1.76 bits per heavy atom. The second-order valence-corrected chi connectivity index (χ2v) is 9.56. The van der Waals surface area contributed by atoms with Crippen LogP contribution >= 0.6 is 0 Å². The summed E-state index contributed by atoms with van der Waals surface area (Å²) in [7, 11) is 1.64. The van der Waals surface area contributed by atoms with Crippen LogP contribution in [0.25, 0.3) is 11.4 Å². The molecule has 37 heavy (non-hydrogen) atoms. The molecule has 1 aliphatic heterocycles. The molecule has 0 spiro atoms. The Morgan fingerprint density at radius 3 is 2.46 bits per heavy atom. The van der Waals surface area contributed by atoms with Crippen molar-refractivity contribution in [3.63, 3.8) is 0 Å². The lowest BCUT2D eigenvalue weighted by Gasteiger charge is -2.31. The van der Waals surface area contributed by atoms with Gasteiger partial charge in [-0.15, -0.1) is 0 Å². The molecule has 1 aliphatic rings. The van der Waals surface area contributed by atoms with Gasteiger partial charge in [0, 0.05) is 11.5 Å². The predicted octanol–water partition coefficient (Wildman–Crippen LogP) is 5.17. The number of rotatable bonds is 8. The van der Waals surface area contributed by atoms with E-state index in [0.29, 0.717) is 18.3 Å². The van der Waals surface area contributed by atoms with E-state index < -0.39 is 0 Å². The highest BCUT2D eigenvalue weighted by Crippen LogP contribution is 2.26. The summed E-state index contributed by atoms with van der Waals surface area (Å²) >= 11 is 0. The molecular weight excluding hydrogens is 464 g/mol. The number of likely N-dealkylation sites (tertiary alicyclic amines) is 1. The number of amides is 1. The van der Waals surface area contributed by atoms with E-state index in [1.165, 1.54) is 5.56 Å². The predicted molar refractivity (Wildman–Crippen MR) is 142 cm³/mol. The first-order chi connectivity index (χ1) is 18.1. The van der Waals surface area contributed by atoms with E-state index in [-0.39, 0.29) is 17.9 Å². The van der Waals surface area contributed by atoms with Gasteiger partial charge in [-0.3, -0.25) is 9.69 Å². The summed E-state index contributed by atoms with van der Waals surface area (Å²) in [4.78, 5) is 20.2. The van der Waals surface area contributed by atoms with Crippen molar-refractivity contribution in [2.45, 2.75) is 32.4 Å². The third-order valence-electron chi connectivity index (χ3n) is 6.93. The van der Waals surface area contributed by atoms with Gasteiger partial charge in [0.2, 0.25) is 17.6 Å². The monoisotopic (exact) mass is 496 g/mol. The molecule has 3 aromatic carbocycles. The van der Waals surface area contributed by atoms with E-state index in [4.69, 9.17) is 9.26 Å². The van der Waals surface area contributed by atoms with Gasteiger partial charge in [-0.05, 0) is 68.2 Å². The first-order valence-electron chi connectivity index (χ1n) is 12.7. The van der Waals surface area contributed by atoms with Gasteiger partial charge in [-0.1, -0.05) is 65.3 Å². The highest BCUT2D eigenvalue weighted by atomic mass is 16.5. The molecule has 0 aliphatic carbocycles. The number of carbonyl (C=O) groups is 1. The quantitative estimate of drug-likeness (QED) is 0.362.